The highest BCUT2D eigenvalue weighted by molar-refractivity contribution is 5.69. The first-order chi connectivity index (χ1) is 8.36. The molecule has 18 heavy (non-hydrogen) atoms. The molecule has 104 valence electrons. The molecule has 0 radical (unpaired) electrons. The van der Waals surface area contributed by atoms with E-state index in [4.69, 9.17) is 19.3 Å². The molecule has 6 nitrogen and oxygen atoms in total. The van der Waals surface area contributed by atoms with Gasteiger partial charge in [-0.05, 0) is 20.8 Å². The van der Waals surface area contributed by atoms with Crippen molar-refractivity contribution in [3.05, 3.63) is 0 Å². The number of hydrogen-bond donors (Lipinski definition) is 1. The molecule has 2 aliphatic rings. The van der Waals surface area contributed by atoms with E-state index < -0.39 is 11.1 Å². The summed E-state index contributed by atoms with van der Waals surface area (Å²) >= 11 is 0. The van der Waals surface area contributed by atoms with Gasteiger partial charge in [-0.2, -0.15) is 0 Å². The van der Waals surface area contributed by atoms with Crippen LogP contribution in [0.4, 0.5) is 4.79 Å². The van der Waals surface area contributed by atoms with Crippen LogP contribution in [0.5, 0.6) is 0 Å². The summed E-state index contributed by atoms with van der Waals surface area (Å²) < 4.78 is 16.1. The number of amides is 1. The minimum atomic E-state index is -0.532. The number of hydrogen-bond acceptors (Lipinski definition) is 5. The van der Waals surface area contributed by atoms with Crippen molar-refractivity contribution in [1.82, 2.24) is 4.90 Å². The molecule has 2 aliphatic heterocycles. The van der Waals surface area contributed by atoms with Crippen LogP contribution in [0.25, 0.3) is 0 Å². The monoisotopic (exact) mass is 259 g/mol. The van der Waals surface area contributed by atoms with E-state index in [-0.39, 0.29) is 18.8 Å². The number of morpholine rings is 1. The molecule has 1 N–H and O–H groups in total. The van der Waals surface area contributed by atoms with Gasteiger partial charge in [-0.1, -0.05) is 0 Å². The molecule has 2 saturated heterocycles. The summed E-state index contributed by atoms with van der Waals surface area (Å²) in [7, 11) is 0. The summed E-state index contributed by atoms with van der Waals surface area (Å²) in [5.41, 5.74) is -0.941. The number of carbonyl (C=O) groups is 1. The predicted molar refractivity (Wildman–Crippen MR) is 63.3 cm³/mol. The van der Waals surface area contributed by atoms with Crippen molar-refractivity contribution in [3.63, 3.8) is 0 Å². The van der Waals surface area contributed by atoms with Gasteiger partial charge < -0.3 is 19.3 Å². The first-order valence-electron chi connectivity index (χ1n) is 6.17. The second-order valence-corrected chi connectivity index (χ2v) is 5.92. The molecule has 0 aromatic heterocycles. The summed E-state index contributed by atoms with van der Waals surface area (Å²) in [4.78, 5) is 13.8. The van der Waals surface area contributed by atoms with Crippen LogP contribution in [-0.2, 0) is 14.2 Å². The summed E-state index contributed by atoms with van der Waals surface area (Å²) in [6.45, 7) is 7.05. The second-order valence-electron chi connectivity index (χ2n) is 5.92. The summed E-state index contributed by atoms with van der Waals surface area (Å²) in [6, 6.07) is 0. The highest BCUT2D eigenvalue weighted by atomic mass is 16.6. The minimum absolute atomic E-state index is 0.101. The lowest BCUT2D eigenvalue weighted by Gasteiger charge is -2.52. The Bertz CT molecular complexity index is 321. The Morgan fingerprint density at radius 3 is 2.56 bits per heavy atom. The van der Waals surface area contributed by atoms with Crippen LogP contribution in [0, 0.1) is 0 Å². The van der Waals surface area contributed by atoms with Crippen molar-refractivity contribution >= 4 is 6.09 Å². The molecular weight excluding hydrogens is 238 g/mol. The van der Waals surface area contributed by atoms with Crippen molar-refractivity contribution in [2.24, 2.45) is 0 Å². The molecule has 0 bridgehead atoms. The van der Waals surface area contributed by atoms with Crippen molar-refractivity contribution in [2.45, 2.75) is 38.0 Å². The van der Waals surface area contributed by atoms with E-state index in [0.29, 0.717) is 26.4 Å². The van der Waals surface area contributed by atoms with E-state index in [1.807, 2.05) is 20.8 Å². The molecule has 2 rings (SSSR count). The molecule has 0 aliphatic carbocycles. The third-order valence-electron chi connectivity index (χ3n) is 3.11. The highest BCUT2D eigenvalue weighted by Gasteiger charge is 2.51. The Morgan fingerprint density at radius 1 is 1.44 bits per heavy atom. The van der Waals surface area contributed by atoms with Gasteiger partial charge in [0.1, 0.15) is 11.1 Å². The maximum absolute atomic E-state index is 12.2. The lowest BCUT2D eigenvalue weighted by molar-refractivity contribution is -0.211. The Kier molecular flexibility index (Phi) is 3.53. The SMILES string of the molecule is CC(C)(C)OC(=O)N1CC(CO)OCC12COC2. The quantitative estimate of drug-likeness (QED) is 0.737. The normalized spacial score (nSPS) is 26.9. The zero-order chi connectivity index (χ0) is 13.4. The van der Waals surface area contributed by atoms with E-state index in [1.54, 1.807) is 4.90 Å². The molecule has 6 heteroatoms. The van der Waals surface area contributed by atoms with E-state index in [1.165, 1.54) is 0 Å². The van der Waals surface area contributed by atoms with Crippen LogP contribution in [-0.4, -0.2) is 66.3 Å². The topological polar surface area (TPSA) is 68.2 Å². The van der Waals surface area contributed by atoms with Crippen molar-refractivity contribution in [1.29, 1.82) is 0 Å². The van der Waals surface area contributed by atoms with Gasteiger partial charge in [0.2, 0.25) is 0 Å². The Hall–Kier alpha value is -0.850. The zero-order valence-electron chi connectivity index (χ0n) is 11.1. The Balaban J connectivity index is 2.08. The minimum Gasteiger partial charge on any atom is -0.444 e. The summed E-state index contributed by atoms with van der Waals surface area (Å²) in [5, 5.41) is 9.15. The maximum atomic E-state index is 12.2. The summed E-state index contributed by atoms with van der Waals surface area (Å²) in [6.07, 6.45) is -0.712. The standard InChI is InChI=1S/C12H21NO5/c1-11(2,3)18-10(15)13-4-9(5-14)17-8-12(13)6-16-7-12/h9,14H,4-8H2,1-3H3. The van der Waals surface area contributed by atoms with Gasteiger partial charge in [0.25, 0.3) is 0 Å². The van der Waals surface area contributed by atoms with Crippen LogP contribution in [0.1, 0.15) is 20.8 Å². The van der Waals surface area contributed by atoms with Gasteiger partial charge in [0.05, 0.1) is 39.1 Å². The third kappa shape index (κ3) is 2.60. The molecule has 0 aromatic rings. The number of nitrogens with zero attached hydrogens (tertiary/aromatic N) is 1. The maximum Gasteiger partial charge on any atom is 0.411 e. The van der Waals surface area contributed by atoms with Crippen LogP contribution in [0.3, 0.4) is 0 Å². The number of rotatable bonds is 1. The van der Waals surface area contributed by atoms with E-state index in [0.717, 1.165) is 0 Å². The fourth-order valence-electron chi connectivity index (χ4n) is 2.07. The average molecular weight is 259 g/mol. The highest BCUT2D eigenvalue weighted by Crippen LogP contribution is 2.31. The van der Waals surface area contributed by atoms with Gasteiger partial charge in [0, 0.05) is 0 Å². The van der Waals surface area contributed by atoms with Crippen molar-refractivity contribution in [3.8, 4) is 0 Å². The first-order valence-corrected chi connectivity index (χ1v) is 6.17. The van der Waals surface area contributed by atoms with Crippen molar-refractivity contribution < 1.29 is 24.1 Å². The lowest BCUT2D eigenvalue weighted by Crippen LogP contribution is -2.71. The second kappa shape index (κ2) is 4.68. The van der Waals surface area contributed by atoms with Crippen molar-refractivity contribution in [2.75, 3.05) is 33.0 Å². The van der Waals surface area contributed by atoms with E-state index in [2.05, 4.69) is 0 Å². The van der Waals surface area contributed by atoms with Crippen LogP contribution in [0.2, 0.25) is 0 Å². The van der Waals surface area contributed by atoms with Gasteiger partial charge in [-0.25, -0.2) is 4.79 Å². The van der Waals surface area contributed by atoms with Gasteiger partial charge in [0.15, 0.2) is 0 Å². The van der Waals surface area contributed by atoms with Crippen LogP contribution >= 0.6 is 0 Å². The van der Waals surface area contributed by atoms with Crippen LogP contribution < -0.4 is 0 Å². The lowest BCUT2D eigenvalue weighted by atomic mass is 9.94. The largest absolute Gasteiger partial charge is 0.444 e. The Morgan fingerprint density at radius 2 is 2.11 bits per heavy atom. The van der Waals surface area contributed by atoms with E-state index >= 15 is 0 Å². The van der Waals surface area contributed by atoms with E-state index in [9.17, 15) is 4.79 Å². The van der Waals surface area contributed by atoms with Gasteiger partial charge in [-0.3, -0.25) is 4.90 Å². The number of aliphatic hydroxyl groups is 1. The van der Waals surface area contributed by atoms with Gasteiger partial charge in [-0.15, -0.1) is 0 Å². The molecular formula is C12H21NO5. The van der Waals surface area contributed by atoms with Crippen LogP contribution in [0.15, 0.2) is 0 Å². The molecule has 0 aromatic carbocycles. The number of ether oxygens (including phenoxy) is 3. The smallest absolute Gasteiger partial charge is 0.411 e. The third-order valence-corrected chi connectivity index (χ3v) is 3.11. The Labute approximate surface area is 107 Å². The predicted octanol–water partition coefficient (Wildman–Crippen LogP) is 0.384. The number of carbonyl (C=O) groups excluding carboxylic acids is 1. The molecule has 0 saturated carbocycles. The average Bonchev–Trinajstić information content (AvgIpc) is 2.23. The molecule has 1 atom stereocenters. The fraction of sp³-hybridized carbons (Fsp3) is 0.917. The first kappa shape index (κ1) is 13.6. The fourth-order valence-corrected chi connectivity index (χ4v) is 2.07. The number of aliphatic hydroxyl groups excluding tert-OH is 1. The molecule has 2 fully saturated rings. The molecule has 2 heterocycles. The zero-order valence-corrected chi connectivity index (χ0v) is 11.1. The molecule has 1 spiro atoms. The van der Waals surface area contributed by atoms with Gasteiger partial charge >= 0.3 is 6.09 Å². The summed E-state index contributed by atoms with van der Waals surface area (Å²) in [5.74, 6) is 0. The molecule has 1 unspecified atom stereocenters. The molecule has 1 amide bonds.